The van der Waals surface area contributed by atoms with Crippen LogP contribution in [0, 0.1) is 5.92 Å². The van der Waals surface area contributed by atoms with Gasteiger partial charge in [-0.2, -0.15) is 0 Å². The molecule has 1 atom stereocenters. The van der Waals surface area contributed by atoms with Crippen LogP contribution in [0.5, 0.6) is 0 Å². The molecule has 2 amide bonds. The summed E-state index contributed by atoms with van der Waals surface area (Å²) < 4.78 is 5.53. The molecule has 1 heterocycles. The van der Waals surface area contributed by atoms with E-state index < -0.39 is 11.9 Å². The van der Waals surface area contributed by atoms with Gasteiger partial charge in [-0.1, -0.05) is 6.92 Å². The van der Waals surface area contributed by atoms with Crippen molar-refractivity contribution in [3.63, 3.8) is 0 Å². The fourth-order valence-corrected chi connectivity index (χ4v) is 2.09. The number of ether oxygens (including phenoxy) is 1. The number of carbonyl (C=O) groups is 2. The average molecular weight is 272 g/mol. The van der Waals surface area contributed by atoms with Crippen molar-refractivity contribution in [2.75, 3.05) is 26.2 Å². The number of carboxylic acids is 1. The van der Waals surface area contributed by atoms with Crippen LogP contribution in [0.2, 0.25) is 0 Å². The van der Waals surface area contributed by atoms with Crippen molar-refractivity contribution in [2.24, 2.45) is 5.92 Å². The van der Waals surface area contributed by atoms with Crippen LogP contribution in [-0.2, 0) is 9.53 Å². The van der Waals surface area contributed by atoms with Gasteiger partial charge in [0, 0.05) is 26.2 Å². The Morgan fingerprint density at radius 2 is 2.05 bits per heavy atom. The molecule has 6 nitrogen and oxygen atoms in total. The van der Waals surface area contributed by atoms with Gasteiger partial charge in [-0.05, 0) is 26.2 Å². The van der Waals surface area contributed by atoms with Crippen LogP contribution in [0.4, 0.5) is 4.79 Å². The number of piperidine rings is 1. The summed E-state index contributed by atoms with van der Waals surface area (Å²) in [6, 6.07) is -0.104. The number of hydrogen-bond acceptors (Lipinski definition) is 3. The molecular weight excluding hydrogens is 248 g/mol. The Bertz CT molecular complexity index is 301. The van der Waals surface area contributed by atoms with Gasteiger partial charge >= 0.3 is 12.0 Å². The maximum atomic E-state index is 11.8. The molecule has 0 aliphatic carbocycles. The van der Waals surface area contributed by atoms with Crippen LogP contribution in [0.1, 0.15) is 33.1 Å². The topological polar surface area (TPSA) is 78.9 Å². The van der Waals surface area contributed by atoms with Gasteiger partial charge in [-0.25, -0.2) is 4.79 Å². The average Bonchev–Trinajstić information content (AvgIpc) is 2.39. The summed E-state index contributed by atoms with van der Waals surface area (Å²) in [6.07, 6.45) is 2.46. The first kappa shape index (κ1) is 15.8. The third kappa shape index (κ3) is 5.46. The van der Waals surface area contributed by atoms with Gasteiger partial charge in [0.1, 0.15) is 0 Å². The first-order valence-corrected chi connectivity index (χ1v) is 6.91. The minimum Gasteiger partial charge on any atom is -0.481 e. The van der Waals surface area contributed by atoms with Crippen LogP contribution in [-0.4, -0.2) is 54.4 Å². The molecule has 0 spiro atoms. The van der Waals surface area contributed by atoms with E-state index in [0.29, 0.717) is 32.7 Å². The maximum Gasteiger partial charge on any atom is 0.317 e. The van der Waals surface area contributed by atoms with Gasteiger partial charge in [0.2, 0.25) is 0 Å². The maximum absolute atomic E-state index is 11.8. The summed E-state index contributed by atoms with van der Waals surface area (Å²) in [5.74, 6) is -1.25. The van der Waals surface area contributed by atoms with Crippen molar-refractivity contribution in [3.05, 3.63) is 0 Å². The number of nitrogens with zero attached hydrogens (tertiary/aromatic N) is 1. The molecule has 19 heavy (non-hydrogen) atoms. The molecule has 0 radical (unpaired) electrons. The van der Waals surface area contributed by atoms with E-state index in [-0.39, 0.29) is 12.1 Å². The summed E-state index contributed by atoms with van der Waals surface area (Å²) in [4.78, 5) is 24.2. The van der Waals surface area contributed by atoms with Crippen LogP contribution >= 0.6 is 0 Å². The minimum atomic E-state index is -0.827. The fraction of sp³-hybridized carbons (Fsp3) is 0.846. The first-order valence-electron chi connectivity index (χ1n) is 6.91. The van der Waals surface area contributed by atoms with E-state index in [1.165, 1.54) is 0 Å². The Labute approximate surface area is 114 Å². The number of urea groups is 1. The van der Waals surface area contributed by atoms with E-state index in [1.807, 2.05) is 6.92 Å². The largest absolute Gasteiger partial charge is 0.481 e. The molecule has 1 rings (SSSR count). The van der Waals surface area contributed by atoms with E-state index in [0.717, 1.165) is 12.8 Å². The van der Waals surface area contributed by atoms with Crippen molar-refractivity contribution < 1.29 is 19.4 Å². The number of likely N-dealkylation sites (tertiary alicyclic amines) is 1. The number of rotatable bonds is 6. The second-order valence-corrected chi connectivity index (χ2v) is 4.90. The summed E-state index contributed by atoms with van der Waals surface area (Å²) >= 11 is 0. The highest BCUT2D eigenvalue weighted by molar-refractivity contribution is 5.74. The van der Waals surface area contributed by atoms with Gasteiger partial charge in [0.05, 0.1) is 12.0 Å². The monoisotopic (exact) mass is 272 g/mol. The molecule has 1 aliphatic heterocycles. The Morgan fingerprint density at radius 3 is 2.58 bits per heavy atom. The molecule has 0 aromatic carbocycles. The molecule has 1 aliphatic rings. The van der Waals surface area contributed by atoms with Crippen LogP contribution in [0.25, 0.3) is 0 Å². The number of carboxylic acid groups (broad SMARTS) is 1. The second kappa shape index (κ2) is 7.99. The molecule has 0 bridgehead atoms. The minimum absolute atomic E-state index is 0.104. The number of amides is 2. The first-order chi connectivity index (χ1) is 9.04. The molecule has 1 fully saturated rings. The lowest BCUT2D eigenvalue weighted by Crippen LogP contribution is -2.46. The highest BCUT2D eigenvalue weighted by Gasteiger charge is 2.22. The molecule has 6 heteroatoms. The van der Waals surface area contributed by atoms with Gasteiger partial charge < -0.3 is 20.1 Å². The predicted octanol–water partition coefficient (Wildman–Crippen LogP) is 1.31. The van der Waals surface area contributed by atoms with E-state index in [9.17, 15) is 9.59 Å². The lowest BCUT2D eigenvalue weighted by atomic mass is 10.1. The van der Waals surface area contributed by atoms with Crippen LogP contribution < -0.4 is 5.32 Å². The quantitative estimate of drug-likeness (QED) is 0.764. The number of aliphatic carboxylic acids is 1. The summed E-state index contributed by atoms with van der Waals surface area (Å²) in [6.45, 7) is 6.13. The standard InChI is InChI=1S/C13H24N2O4/c1-3-19-11-5-8-15(9-6-11)13(18)14-7-4-10(2)12(16)17/h10-11H,3-9H2,1-2H3,(H,14,18)(H,16,17). The molecule has 0 saturated carbocycles. The normalized spacial score (nSPS) is 18.1. The van der Waals surface area contributed by atoms with E-state index in [4.69, 9.17) is 9.84 Å². The molecule has 0 aromatic heterocycles. The highest BCUT2D eigenvalue weighted by atomic mass is 16.5. The summed E-state index contributed by atoms with van der Waals surface area (Å²) in [5.41, 5.74) is 0. The molecular formula is C13H24N2O4. The third-order valence-corrected chi connectivity index (χ3v) is 3.41. The Balaban J connectivity index is 2.19. The third-order valence-electron chi connectivity index (χ3n) is 3.41. The zero-order valence-corrected chi connectivity index (χ0v) is 11.7. The van der Waals surface area contributed by atoms with Gasteiger partial charge in [0.15, 0.2) is 0 Å². The Kier molecular flexibility index (Phi) is 6.62. The Morgan fingerprint density at radius 1 is 1.42 bits per heavy atom. The van der Waals surface area contributed by atoms with E-state index >= 15 is 0 Å². The van der Waals surface area contributed by atoms with Crippen molar-refractivity contribution >= 4 is 12.0 Å². The molecule has 1 saturated heterocycles. The highest BCUT2D eigenvalue weighted by Crippen LogP contribution is 2.13. The van der Waals surface area contributed by atoms with Crippen LogP contribution in [0.15, 0.2) is 0 Å². The lowest BCUT2D eigenvalue weighted by Gasteiger charge is -2.31. The Hall–Kier alpha value is -1.30. The second-order valence-electron chi connectivity index (χ2n) is 4.90. The van der Waals surface area contributed by atoms with Gasteiger partial charge in [-0.3, -0.25) is 4.79 Å². The molecule has 1 unspecified atom stereocenters. The van der Waals surface area contributed by atoms with E-state index in [1.54, 1.807) is 11.8 Å². The van der Waals surface area contributed by atoms with Crippen molar-refractivity contribution in [1.29, 1.82) is 0 Å². The van der Waals surface area contributed by atoms with Crippen molar-refractivity contribution in [3.8, 4) is 0 Å². The summed E-state index contributed by atoms with van der Waals surface area (Å²) in [7, 11) is 0. The SMILES string of the molecule is CCOC1CCN(C(=O)NCCC(C)C(=O)O)CC1. The zero-order chi connectivity index (χ0) is 14.3. The van der Waals surface area contributed by atoms with Crippen molar-refractivity contribution in [1.82, 2.24) is 10.2 Å². The fourth-order valence-electron chi connectivity index (χ4n) is 2.09. The number of nitrogens with one attached hydrogen (secondary N) is 1. The van der Waals surface area contributed by atoms with Crippen molar-refractivity contribution in [2.45, 2.75) is 39.2 Å². The van der Waals surface area contributed by atoms with Gasteiger partial charge in [0.25, 0.3) is 0 Å². The molecule has 0 aromatic rings. The molecule has 2 N–H and O–H groups in total. The van der Waals surface area contributed by atoms with Gasteiger partial charge in [-0.15, -0.1) is 0 Å². The lowest BCUT2D eigenvalue weighted by molar-refractivity contribution is -0.141. The number of carbonyl (C=O) groups excluding carboxylic acids is 1. The number of hydrogen-bond donors (Lipinski definition) is 2. The van der Waals surface area contributed by atoms with Crippen LogP contribution in [0.3, 0.4) is 0 Å². The smallest absolute Gasteiger partial charge is 0.317 e. The van der Waals surface area contributed by atoms with E-state index in [2.05, 4.69) is 5.32 Å². The summed E-state index contributed by atoms with van der Waals surface area (Å²) in [5, 5.41) is 11.5. The zero-order valence-electron chi connectivity index (χ0n) is 11.7. The molecule has 110 valence electrons. The predicted molar refractivity (Wildman–Crippen MR) is 71.0 cm³/mol.